The molecule has 0 N–H and O–H groups in total. The second kappa shape index (κ2) is 5.43. The first kappa shape index (κ1) is 14.7. The fraction of sp³-hybridized carbons (Fsp3) is 0.667. The Labute approximate surface area is 141 Å². The Kier molecular flexibility index (Phi) is 3.31. The molecule has 128 valence electrons. The highest BCUT2D eigenvalue weighted by Crippen LogP contribution is 2.45. The lowest BCUT2D eigenvalue weighted by molar-refractivity contribution is 0.120. The van der Waals surface area contributed by atoms with Crippen LogP contribution in [0.2, 0.25) is 0 Å². The van der Waals surface area contributed by atoms with E-state index in [-0.39, 0.29) is 5.41 Å². The number of likely N-dealkylation sites (tertiary alicyclic amines) is 1. The van der Waals surface area contributed by atoms with Crippen molar-refractivity contribution in [2.24, 2.45) is 11.3 Å². The van der Waals surface area contributed by atoms with Crippen LogP contribution >= 0.6 is 0 Å². The molecule has 0 amide bonds. The van der Waals surface area contributed by atoms with Gasteiger partial charge in [0.05, 0.1) is 19.8 Å². The molecule has 0 aromatic carbocycles. The van der Waals surface area contributed by atoms with Gasteiger partial charge in [0.25, 0.3) is 0 Å². The Hall–Kier alpha value is -1.66. The maximum atomic E-state index is 5.91. The number of furan rings is 1. The van der Waals surface area contributed by atoms with Gasteiger partial charge in [-0.15, -0.1) is 10.2 Å². The minimum atomic E-state index is 0.106. The van der Waals surface area contributed by atoms with Crippen molar-refractivity contribution >= 4 is 0 Å². The Morgan fingerprint density at radius 2 is 2.17 bits per heavy atom. The van der Waals surface area contributed by atoms with Crippen LogP contribution in [0.4, 0.5) is 0 Å². The Bertz CT molecular complexity index is 735. The summed E-state index contributed by atoms with van der Waals surface area (Å²) in [5.41, 5.74) is 0.106. The summed E-state index contributed by atoms with van der Waals surface area (Å²) in [6, 6.07) is 4.11. The van der Waals surface area contributed by atoms with E-state index in [0.29, 0.717) is 11.8 Å². The molecule has 1 aliphatic carbocycles. The molecule has 2 aliphatic heterocycles. The van der Waals surface area contributed by atoms with Crippen LogP contribution in [-0.4, -0.2) is 41.4 Å². The van der Waals surface area contributed by atoms with Gasteiger partial charge >= 0.3 is 0 Å². The van der Waals surface area contributed by atoms with Crippen molar-refractivity contribution in [3.63, 3.8) is 0 Å². The summed E-state index contributed by atoms with van der Waals surface area (Å²) in [5, 5.41) is 8.53. The van der Waals surface area contributed by atoms with Gasteiger partial charge in [0.2, 0.25) is 11.8 Å². The number of hydrogen-bond donors (Lipinski definition) is 0. The summed E-state index contributed by atoms with van der Waals surface area (Å²) in [6.45, 7) is 6.51. The highest BCUT2D eigenvalue weighted by Gasteiger charge is 2.51. The van der Waals surface area contributed by atoms with Crippen molar-refractivity contribution in [1.82, 2.24) is 15.1 Å². The van der Waals surface area contributed by atoms with Crippen LogP contribution < -0.4 is 0 Å². The first-order chi connectivity index (χ1) is 11.7. The summed E-state index contributed by atoms with van der Waals surface area (Å²) in [4.78, 5) is 2.48. The van der Waals surface area contributed by atoms with Crippen molar-refractivity contribution in [2.45, 2.75) is 38.6 Å². The van der Waals surface area contributed by atoms with Gasteiger partial charge in [0, 0.05) is 36.8 Å². The van der Waals surface area contributed by atoms with Gasteiger partial charge in [-0.1, -0.05) is 0 Å². The Morgan fingerprint density at radius 1 is 1.25 bits per heavy atom. The average molecular weight is 329 g/mol. The lowest BCUT2D eigenvalue weighted by atomic mass is 9.78. The minimum absolute atomic E-state index is 0.106. The molecule has 0 bridgehead atoms. The maximum Gasteiger partial charge on any atom is 0.219 e. The second-order valence-electron chi connectivity index (χ2n) is 7.74. The van der Waals surface area contributed by atoms with Gasteiger partial charge in [-0.3, -0.25) is 4.90 Å². The Morgan fingerprint density at radius 3 is 2.96 bits per heavy atom. The number of aryl methyl sites for hydroxylation is 1. The molecule has 6 nitrogen and oxygen atoms in total. The monoisotopic (exact) mass is 329 g/mol. The van der Waals surface area contributed by atoms with E-state index in [4.69, 9.17) is 13.6 Å². The lowest BCUT2D eigenvalue weighted by Gasteiger charge is -2.25. The van der Waals surface area contributed by atoms with Crippen LogP contribution in [-0.2, 0) is 17.7 Å². The van der Waals surface area contributed by atoms with Crippen molar-refractivity contribution in [1.29, 1.82) is 0 Å². The molecule has 3 fully saturated rings. The molecule has 24 heavy (non-hydrogen) atoms. The van der Waals surface area contributed by atoms with E-state index in [2.05, 4.69) is 21.2 Å². The zero-order chi connectivity index (χ0) is 16.1. The average Bonchev–Trinajstić information content (AvgIpc) is 2.85. The molecule has 0 radical (unpaired) electrons. The first-order valence-electron chi connectivity index (χ1n) is 8.88. The fourth-order valence-corrected chi connectivity index (χ4v) is 4.24. The van der Waals surface area contributed by atoms with E-state index in [1.54, 1.807) is 0 Å². The van der Waals surface area contributed by atoms with E-state index in [1.807, 2.05) is 13.0 Å². The largest absolute Gasteiger partial charge is 0.465 e. The molecule has 6 heteroatoms. The highest BCUT2D eigenvalue weighted by atomic mass is 16.5. The lowest BCUT2D eigenvalue weighted by Crippen LogP contribution is -2.33. The number of hydrogen-bond acceptors (Lipinski definition) is 6. The minimum Gasteiger partial charge on any atom is -0.465 e. The molecule has 2 atom stereocenters. The second-order valence-corrected chi connectivity index (χ2v) is 7.74. The number of nitrogens with zero attached hydrogens (tertiary/aromatic N) is 3. The number of rotatable bonds is 5. The Balaban J connectivity index is 1.31. The molecule has 2 aromatic heterocycles. The maximum absolute atomic E-state index is 5.91. The summed E-state index contributed by atoms with van der Waals surface area (Å²) in [7, 11) is 0. The van der Waals surface area contributed by atoms with Gasteiger partial charge in [-0.2, -0.15) is 0 Å². The van der Waals surface area contributed by atoms with E-state index >= 15 is 0 Å². The predicted octanol–water partition coefficient (Wildman–Crippen LogP) is 2.54. The SMILES string of the molecule is Cc1ccc(CN2C[C@@H]3COC[C@]3(Cc3nnc(C4CC4)o3)C2)o1. The summed E-state index contributed by atoms with van der Waals surface area (Å²) in [5.74, 6) is 4.67. The van der Waals surface area contributed by atoms with Gasteiger partial charge in [0.15, 0.2) is 0 Å². The van der Waals surface area contributed by atoms with Crippen LogP contribution in [0.5, 0.6) is 0 Å². The first-order valence-corrected chi connectivity index (χ1v) is 8.88. The third kappa shape index (κ3) is 2.58. The van der Waals surface area contributed by atoms with Crippen LogP contribution in [0.3, 0.4) is 0 Å². The molecule has 0 spiro atoms. The van der Waals surface area contributed by atoms with E-state index in [0.717, 1.165) is 62.6 Å². The molecular weight excluding hydrogens is 306 g/mol. The standard InChI is InChI=1S/C18H23N3O3/c1-12-2-5-15(23-12)8-21-7-14-9-22-11-18(14,10-21)6-16-19-20-17(24-16)13-3-4-13/h2,5,13-14H,3-4,6-11H2,1H3/t14-,18+/m1/s1. The molecule has 4 heterocycles. The smallest absolute Gasteiger partial charge is 0.219 e. The summed E-state index contributed by atoms with van der Waals surface area (Å²) < 4.78 is 17.5. The molecule has 2 aromatic rings. The molecule has 3 aliphatic rings. The summed E-state index contributed by atoms with van der Waals surface area (Å²) >= 11 is 0. The van der Waals surface area contributed by atoms with Crippen molar-refractivity contribution in [3.8, 4) is 0 Å². The molecule has 2 saturated heterocycles. The zero-order valence-electron chi connectivity index (χ0n) is 14.0. The van der Waals surface area contributed by atoms with E-state index in [9.17, 15) is 0 Å². The normalized spacial score (nSPS) is 30.1. The molecular formula is C18H23N3O3. The third-order valence-corrected chi connectivity index (χ3v) is 5.68. The van der Waals surface area contributed by atoms with E-state index < -0.39 is 0 Å². The van der Waals surface area contributed by atoms with Crippen molar-refractivity contribution in [2.75, 3.05) is 26.3 Å². The zero-order valence-corrected chi connectivity index (χ0v) is 14.0. The van der Waals surface area contributed by atoms with Crippen LogP contribution in [0, 0.1) is 18.3 Å². The quantitative estimate of drug-likeness (QED) is 0.840. The van der Waals surface area contributed by atoms with Gasteiger partial charge in [-0.25, -0.2) is 0 Å². The van der Waals surface area contributed by atoms with E-state index in [1.165, 1.54) is 12.8 Å². The van der Waals surface area contributed by atoms with Crippen molar-refractivity contribution in [3.05, 3.63) is 35.4 Å². The van der Waals surface area contributed by atoms with Crippen LogP contribution in [0.1, 0.15) is 42.1 Å². The van der Waals surface area contributed by atoms with Gasteiger partial charge in [-0.05, 0) is 31.9 Å². The van der Waals surface area contributed by atoms with Crippen LogP contribution in [0.15, 0.2) is 21.0 Å². The molecule has 5 rings (SSSR count). The number of aromatic nitrogens is 2. The van der Waals surface area contributed by atoms with Gasteiger partial charge in [0.1, 0.15) is 11.5 Å². The highest BCUT2D eigenvalue weighted by molar-refractivity contribution is 5.09. The fourth-order valence-electron chi connectivity index (χ4n) is 4.24. The van der Waals surface area contributed by atoms with Crippen LogP contribution in [0.25, 0.3) is 0 Å². The molecule has 1 saturated carbocycles. The molecule has 0 unspecified atom stereocenters. The number of ether oxygens (including phenoxy) is 1. The van der Waals surface area contributed by atoms with Gasteiger partial charge < -0.3 is 13.6 Å². The predicted molar refractivity (Wildman–Crippen MR) is 85.4 cm³/mol. The summed E-state index contributed by atoms with van der Waals surface area (Å²) in [6.07, 6.45) is 3.20. The van der Waals surface area contributed by atoms with Crippen molar-refractivity contribution < 1.29 is 13.6 Å². The topological polar surface area (TPSA) is 64.5 Å². The third-order valence-electron chi connectivity index (χ3n) is 5.68. The number of fused-ring (bicyclic) bond motifs is 1.